The van der Waals surface area contributed by atoms with Gasteiger partial charge in [-0.2, -0.15) is 0 Å². The Hall–Kier alpha value is -0.120. The zero-order valence-electron chi connectivity index (χ0n) is 11.1. The molecule has 3 nitrogen and oxygen atoms in total. The van der Waals surface area contributed by atoms with Gasteiger partial charge in [-0.1, -0.05) is 13.3 Å². The van der Waals surface area contributed by atoms with Crippen molar-refractivity contribution in [1.82, 2.24) is 4.90 Å². The van der Waals surface area contributed by atoms with Crippen LogP contribution in [0.25, 0.3) is 0 Å². The van der Waals surface area contributed by atoms with Crippen LogP contribution in [-0.2, 0) is 0 Å². The van der Waals surface area contributed by atoms with Crippen LogP contribution in [0.4, 0.5) is 0 Å². The summed E-state index contributed by atoms with van der Waals surface area (Å²) in [5.74, 6) is 0.505. The maximum Gasteiger partial charge on any atom is 0.0613 e. The summed E-state index contributed by atoms with van der Waals surface area (Å²) in [6, 6.07) is 0.604. The van der Waals surface area contributed by atoms with Gasteiger partial charge in [0.1, 0.15) is 0 Å². The highest BCUT2D eigenvalue weighted by atomic mass is 16.3. The highest BCUT2D eigenvalue weighted by Gasteiger charge is 2.38. The molecular weight excluding hydrogens is 200 g/mol. The van der Waals surface area contributed by atoms with E-state index in [-0.39, 0.29) is 12.1 Å². The third-order valence-corrected chi connectivity index (χ3v) is 4.20. The number of aliphatic hydroxyl groups excluding tert-OH is 1. The minimum absolute atomic E-state index is 0.144. The molecule has 0 amide bonds. The van der Waals surface area contributed by atoms with Crippen molar-refractivity contribution in [3.05, 3.63) is 0 Å². The molecule has 0 heterocycles. The molecule has 0 saturated heterocycles. The molecule has 0 aromatic carbocycles. The van der Waals surface area contributed by atoms with E-state index < -0.39 is 0 Å². The molecule has 16 heavy (non-hydrogen) atoms. The van der Waals surface area contributed by atoms with Crippen LogP contribution in [0.2, 0.25) is 0 Å². The van der Waals surface area contributed by atoms with Crippen LogP contribution in [0.3, 0.4) is 0 Å². The zero-order valence-corrected chi connectivity index (χ0v) is 11.1. The van der Waals surface area contributed by atoms with Gasteiger partial charge in [0.05, 0.1) is 6.61 Å². The summed E-state index contributed by atoms with van der Waals surface area (Å²) >= 11 is 0. The molecule has 1 rings (SSSR count). The van der Waals surface area contributed by atoms with E-state index in [1.54, 1.807) is 0 Å². The molecule has 2 unspecified atom stereocenters. The van der Waals surface area contributed by atoms with Gasteiger partial charge in [-0.15, -0.1) is 0 Å². The second-order valence-corrected chi connectivity index (χ2v) is 5.49. The Morgan fingerprint density at radius 3 is 2.69 bits per heavy atom. The van der Waals surface area contributed by atoms with Crippen molar-refractivity contribution in [2.24, 2.45) is 11.7 Å². The van der Waals surface area contributed by atoms with Gasteiger partial charge in [-0.3, -0.25) is 0 Å². The van der Waals surface area contributed by atoms with Crippen LogP contribution in [0.1, 0.15) is 46.5 Å². The molecule has 0 radical (unpaired) electrons. The Labute approximate surface area is 100 Å². The molecule has 3 N–H and O–H groups in total. The maximum atomic E-state index is 9.39. The Balaban J connectivity index is 2.42. The molecule has 0 aromatic heterocycles. The van der Waals surface area contributed by atoms with Crippen LogP contribution >= 0.6 is 0 Å². The first-order valence-corrected chi connectivity index (χ1v) is 6.67. The molecule has 0 bridgehead atoms. The first kappa shape index (κ1) is 13.9. The lowest BCUT2D eigenvalue weighted by Gasteiger charge is -2.32. The van der Waals surface area contributed by atoms with E-state index in [0.29, 0.717) is 12.0 Å². The molecule has 1 aliphatic rings. The van der Waals surface area contributed by atoms with Gasteiger partial charge in [0, 0.05) is 11.6 Å². The number of nitrogens with zero attached hydrogens (tertiary/aromatic N) is 1. The molecule has 96 valence electrons. The Morgan fingerprint density at radius 1 is 1.50 bits per heavy atom. The number of aliphatic hydroxyl groups is 1. The maximum absolute atomic E-state index is 9.39. The summed E-state index contributed by atoms with van der Waals surface area (Å²) in [6.07, 6.45) is 4.48. The van der Waals surface area contributed by atoms with Crippen LogP contribution in [-0.4, -0.2) is 41.3 Å². The third kappa shape index (κ3) is 3.19. The predicted molar refractivity (Wildman–Crippen MR) is 68.3 cm³/mol. The van der Waals surface area contributed by atoms with E-state index in [4.69, 9.17) is 5.73 Å². The minimum atomic E-state index is -0.295. The Kier molecular flexibility index (Phi) is 5.22. The number of hydrogen-bond acceptors (Lipinski definition) is 3. The Morgan fingerprint density at radius 2 is 2.19 bits per heavy atom. The van der Waals surface area contributed by atoms with Crippen molar-refractivity contribution in [3.63, 3.8) is 0 Å². The van der Waals surface area contributed by atoms with E-state index in [1.807, 2.05) is 0 Å². The summed E-state index contributed by atoms with van der Waals surface area (Å²) in [5.41, 5.74) is 5.94. The van der Waals surface area contributed by atoms with Crippen LogP contribution in [0, 0.1) is 5.92 Å². The lowest BCUT2D eigenvalue weighted by atomic mass is 9.86. The van der Waals surface area contributed by atoms with Crippen molar-refractivity contribution in [1.29, 1.82) is 0 Å². The SMILES string of the molecule is CCN(CCC1CCCC1(N)CO)C(C)C. The molecule has 0 aromatic rings. The molecule has 0 spiro atoms. The largest absolute Gasteiger partial charge is 0.394 e. The number of rotatable bonds is 6. The molecule has 1 aliphatic carbocycles. The first-order chi connectivity index (χ1) is 7.53. The average Bonchev–Trinajstić information content (AvgIpc) is 2.62. The van der Waals surface area contributed by atoms with Crippen LogP contribution < -0.4 is 5.73 Å². The summed E-state index contributed by atoms with van der Waals surface area (Å²) < 4.78 is 0. The quantitative estimate of drug-likeness (QED) is 0.726. The van der Waals surface area contributed by atoms with Gasteiger partial charge in [0.25, 0.3) is 0 Å². The molecule has 1 saturated carbocycles. The average molecular weight is 228 g/mol. The molecule has 2 atom stereocenters. The van der Waals surface area contributed by atoms with Crippen molar-refractivity contribution in [2.45, 2.75) is 58.0 Å². The summed E-state index contributed by atoms with van der Waals surface area (Å²) in [7, 11) is 0. The Bertz CT molecular complexity index is 208. The smallest absolute Gasteiger partial charge is 0.0613 e. The van der Waals surface area contributed by atoms with Crippen molar-refractivity contribution in [2.75, 3.05) is 19.7 Å². The molecule has 3 heteroatoms. The monoisotopic (exact) mass is 228 g/mol. The third-order valence-electron chi connectivity index (χ3n) is 4.20. The van der Waals surface area contributed by atoms with Crippen molar-refractivity contribution >= 4 is 0 Å². The second-order valence-electron chi connectivity index (χ2n) is 5.49. The van der Waals surface area contributed by atoms with Crippen molar-refractivity contribution in [3.8, 4) is 0 Å². The topological polar surface area (TPSA) is 49.5 Å². The first-order valence-electron chi connectivity index (χ1n) is 6.67. The fraction of sp³-hybridized carbons (Fsp3) is 1.00. The number of hydrogen-bond donors (Lipinski definition) is 2. The minimum Gasteiger partial charge on any atom is -0.394 e. The van der Waals surface area contributed by atoms with Crippen LogP contribution in [0.5, 0.6) is 0 Å². The van der Waals surface area contributed by atoms with Gasteiger partial charge >= 0.3 is 0 Å². The summed E-state index contributed by atoms with van der Waals surface area (Å²) in [4.78, 5) is 2.47. The normalized spacial score (nSPS) is 30.6. The van der Waals surface area contributed by atoms with Gasteiger partial charge in [-0.05, 0) is 52.1 Å². The van der Waals surface area contributed by atoms with Gasteiger partial charge in [0.2, 0.25) is 0 Å². The molecule has 0 aliphatic heterocycles. The molecular formula is C13H28N2O. The molecule has 1 fully saturated rings. The lowest BCUT2D eigenvalue weighted by molar-refractivity contribution is 0.138. The van der Waals surface area contributed by atoms with Gasteiger partial charge in [-0.25, -0.2) is 0 Å². The van der Waals surface area contributed by atoms with Crippen LogP contribution in [0.15, 0.2) is 0 Å². The van der Waals surface area contributed by atoms with E-state index in [2.05, 4.69) is 25.7 Å². The van der Waals surface area contributed by atoms with E-state index in [0.717, 1.165) is 25.9 Å². The van der Waals surface area contributed by atoms with Gasteiger partial charge < -0.3 is 15.7 Å². The highest BCUT2D eigenvalue weighted by Crippen LogP contribution is 2.35. The van der Waals surface area contributed by atoms with E-state index in [9.17, 15) is 5.11 Å². The highest BCUT2D eigenvalue weighted by molar-refractivity contribution is 4.96. The van der Waals surface area contributed by atoms with E-state index in [1.165, 1.54) is 12.8 Å². The zero-order chi connectivity index (χ0) is 12.2. The fourth-order valence-corrected chi connectivity index (χ4v) is 2.91. The summed E-state index contributed by atoms with van der Waals surface area (Å²) in [5, 5.41) is 9.39. The number of nitrogens with two attached hydrogens (primary N) is 1. The fourth-order valence-electron chi connectivity index (χ4n) is 2.91. The lowest BCUT2D eigenvalue weighted by Crippen LogP contribution is -2.48. The van der Waals surface area contributed by atoms with Gasteiger partial charge in [0.15, 0.2) is 0 Å². The standard InChI is InChI=1S/C13H28N2O/c1-4-15(11(2)3)9-7-12-6-5-8-13(12,14)10-16/h11-12,16H,4-10,14H2,1-3H3. The summed E-state index contributed by atoms with van der Waals surface area (Å²) in [6.45, 7) is 9.03. The van der Waals surface area contributed by atoms with Crippen molar-refractivity contribution < 1.29 is 5.11 Å². The second kappa shape index (κ2) is 5.99. The van der Waals surface area contributed by atoms with E-state index >= 15 is 0 Å². The predicted octanol–water partition coefficient (Wildman–Crippen LogP) is 1.60.